The summed E-state index contributed by atoms with van der Waals surface area (Å²) in [6, 6.07) is 4.87. The van der Waals surface area contributed by atoms with Crippen LogP contribution in [0.3, 0.4) is 0 Å². The van der Waals surface area contributed by atoms with Gasteiger partial charge in [0.2, 0.25) is 0 Å². The van der Waals surface area contributed by atoms with Crippen LogP contribution < -0.4 is 5.14 Å². The van der Waals surface area contributed by atoms with Gasteiger partial charge in [-0.05, 0) is 42.6 Å². The van der Waals surface area contributed by atoms with Crippen molar-refractivity contribution in [2.45, 2.75) is 11.8 Å². The Morgan fingerprint density at radius 2 is 2.25 bits per heavy atom. The molecule has 0 unspecified atom stereocenters. The second-order valence-electron chi connectivity index (χ2n) is 2.40. The molecule has 0 bridgehead atoms. The summed E-state index contributed by atoms with van der Waals surface area (Å²) in [5.74, 6) is -0.910. The van der Waals surface area contributed by atoms with E-state index >= 15 is 0 Å². The largest absolute Gasteiger partial charge is 0.478 e. The fraction of sp³-hybridized carbons (Fsp3) is 0.125. The third-order valence-electron chi connectivity index (χ3n) is 1.55. The molecule has 4 heteroatoms. The molecule has 64 valence electrons. The predicted octanol–water partition coefficient (Wildman–Crippen LogP) is 1.66. The van der Waals surface area contributed by atoms with Gasteiger partial charge in [0.25, 0.3) is 0 Å². The molecule has 0 aliphatic carbocycles. The van der Waals surface area contributed by atoms with Gasteiger partial charge in [-0.15, -0.1) is 0 Å². The zero-order chi connectivity index (χ0) is 9.14. The van der Waals surface area contributed by atoms with Crippen molar-refractivity contribution in [2.75, 3.05) is 0 Å². The summed E-state index contributed by atoms with van der Waals surface area (Å²) >= 11 is 1.12. The average molecular weight is 183 g/mol. The van der Waals surface area contributed by atoms with Gasteiger partial charge >= 0.3 is 5.97 Å². The number of carbonyl (C=O) groups is 1. The minimum Gasteiger partial charge on any atom is -0.478 e. The lowest BCUT2D eigenvalue weighted by atomic mass is 10.1. The molecular formula is C8H9NO2S. The quantitative estimate of drug-likeness (QED) is 0.684. The number of carboxylic acid groups (broad SMARTS) is 1. The molecule has 0 saturated carbocycles. The molecule has 1 aromatic carbocycles. The minimum absolute atomic E-state index is 0.297. The molecule has 0 aliphatic heterocycles. The van der Waals surface area contributed by atoms with Crippen molar-refractivity contribution < 1.29 is 9.90 Å². The molecule has 0 atom stereocenters. The molecule has 0 spiro atoms. The molecule has 3 nitrogen and oxygen atoms in total. The van der Waals surface area contributed by atoms with E-state index < -0.39 is 5.97 Å². The van der Waals surface area contributed by atoms with Gasteiger partial charge in [0.15, 0.2) is 0 Å². The first-order valence-electron chi connectivity index (χ1n) is 3.36. The number of rotatable bonds is 2. The van der Waals surface area contributed by atoms with Gasteiger partial charge in [-0.2, -0.15) is 0 Å². The Labute approximate surface area is 74.7 Å². The van der Waals surface area contributed by atoms with Crippen LogP contribution in [0.5, 0.6) is 0 Å². The van der Waals surface area contributed by atoms with Gasteiger partial charge in [0, 0.05) is 4.90 Å². The van der Waals surface area contributed by atoms with Gasteiger partial charge in [0.05, 0.1) is 5.56 Å². The number of carboxylic acids is 1. The lowest BCUT2D eigenvalue weighted by Crippen LogP contribution is -1.97. The van der Waals surface area contributed by atoms with Crippen molar-refractivity contribution in [3.05, 3.63) is 29.3 Å². The van der Waals surface area contributed by atoms with E-state index in [0.29, 0.717) is 5.56 Å². The van der Waals surface area contributed by atoms with Crippen molar-refractivity contribution >= 4 is 17.9 Å². The van der Waals surface area contributed by atoms with E-state index in [1.165, 1.54) is 0 Å². The van der Waals surface area contributed by atoms with Crippen LogP contribution in [0, 0.1) is 6.92 Å². The molecule has 1 aromatic rings. The fourth-order valence-corrected chi connectivity index (χ4v) is 1.31. The predicted molar refractivity (Wildman–Crippen MR) is 48.2 cm³/mol. The highest BCUT2D eigenvalue weighted by molar-refractivity contribution is 7.97. The Balaban J connectivity index is 3.10. The van der Waals surface area contributed by atoms with E-state index in [4.69, 9.17) is 10.2 Å². The minimum atomic E-state index is -0.910. The molecule has 0 amide bonds. The molecule has 1 rings (SSSR count). The van der Waals surface area contributed by atoms with E-state index in [0.717, 1.165) is 22.4 Å². The monoisotopic (exact) mass is 183 g/mol. The number of aromatic carboxylic acids is 1. The van der Waals surface area contributed by atoms with Gasteiger partial charge in [0.1, 0.15) is 0 Å². The Morgan fingerprint density at radius 1 is 1.58 bits per heavy atom. The molecule has 0 radical (unpaired) electrons. The molecule has 12 heavy (non-hydrogen) atoms. The smallest absolute Gasteiger partial charge is 0.335 e. The highest BCUT2D eigenvalue weighted by atomic mass is 32.2. The molecule has 0 aliphatic rings. The maximum atomic E-state index is 10.5. The summed E-state index contributed by atoms with van der Waals surface area (Å²) in [6.07, 6.45) is 0. The van der Waals surface area contributed by atoms with E-state index in [1.807, 2.05) is 6.92 Å². The van der Waals surface area contributed by atoms with Crippen molar-refractivity contribution in [3.8, 4) is 0 Å². The SMILES string of the molecule is Cc1cc(C(=O)O)ccc1SN. The van der Waals surface area contributed by atoms with Crippen molar-refractivity contribution in [2.24, 2.45) is 5.14 Å². The molecule has 0 fully saturated rings. The van der Waals surface area contributed by atoms with Crippen LogP contribution in [0.25, 0.3) is 0 Å². The van der Waals surface area contributed by atoms with Crippen LogP contribution in [0.4, 0.5) is 0 Å². The van der Waals surface area contributed by atoms with Gasteiger partial charge < -0.3 is 5.11 Å². The zero-order valence-corrected chi connectivity index (χ0v) is 7.39. The van der Waals surface area contributed by atoms with Crippen LogP contribution in [0.1, 0.15) is 15.9 Å². The first kappa shape index (κ1) is 9.09. The topological polar surface area (TPSA) is 63.3 Å². The first-order chi connectivity index (χ1) is 5.65. The lowest BCUT2D eigenvalue weighted by molar-refractivity contribution is 0.0696. The molecular weight excluding hydrogens is 174 g/mol. The van der Waals surface area contributed by atoms with Gasteiger partial charge in [-0.3, -0.25) is 5.14 Å². The summed E-state index contributed by atoms with van der Waals surface area (Å²) in [4.78, 5) is 11.4. The summed E-state index contributed by atoms with van der Waals surface area (Å²) in [6.45, 7) is 1.83. The number of nitrogens with two attached hydrogens (primary N) is 1. The van der Waals surface area contributed by atoms with Gasteiger partial charge in [-0.1, -0.05) is 0 Å². The summed E-state index contributed by atoms with van der Waals surface area (Å²) < 4.78 is 0. The Hall–Kier alpha value is -1.000. The summed E-state index contributed by atoms with van der Waals surface area (Å²) in [5, 5.41) is 14.0. The van der Waals surface area contributed by atoms with E-state index in [9.17, 15) is 4.79 Å². The second-order valence-corrected chi connectivity index (χ2v) is 3.08. The summed E-state index contributed by atoms with van der Waals surface area (Å²) in [5.41, 5.74) is 1.19. The second kappa shape index (κ2) is 3.60. The van der Waals surface area contributed by atoms with Crippen molar-refractivity contribution in [3.63, 3.8) is 0 Å². The average Bonchev–Trinajstić information content (AvgIpc) is 2.04. The summed E-state index contributed by atoms with van der Waals surface area (Å²) in [7, 11) is 0. The van der Waals surface area contributed by atoms with Crippen LogP contribution in [-0.2, 0) is 0 Å². The van der Waals surface area contributed by atoms with Crippen LogP contribution in [0.2, 0.25) is 0 Å². The number of hydrogen-bond acceptors (Lipinski definition) is 3. The lowest BCUT2D eigenvalue weighted by Gasteiger charge is -2.01. The van der Waals surface area contributed by atoms with Crippen LogP contribution in [0.15, 0.2) is 23.1 Å². The van der Waals surface area contributed by atoms with Crippen LogP contribution in [-0.4, -0.2) is 11.1 Å². The third kappa shape index (κ3) is 1.78. The molecule has 0 heterocycles. The number of aryl methyl sites for hydroxylation is 1. The Bertz CT molecular complexity index is 312. The van der Waals surface area contributed by atoms with Crippen molar-refractivity contribution in [1.29, 1.82) is 0 Å². The molecule has 3 N–H and O–H groups in total. The van der Waals surface area contributed by atoms with Gasteiger partial charge in [-0.25, -0.2) is 4.79 Å². The standard InChI is InChI=1S/C8H9NO2S/c1-5-4-6(8(10)11)2-3-7(5)12-9/h2-4H,9H2,1H3,(H,10,11). The number of hydrogen-bond donors (Lipinski definition) is 2. The first-order valence-corrected chi connectivity index (χ1v) is 4.24. The third-order valence-corrected chi connectivity index (χ3v) is 2.26. The Kier molecular flexibility index (Phi) is 2.73. The molecule has 0 aromatic heterocycles. The van der Waals surface area contributed by atoms with E-state index in [-0.39, 0.29) is 0 Å². The van der Waals surface area contributed by atoms with Crippen molar-refractivity contribution in [1.82, 2.24) is 0 Å². The fourth-order valence-electron chi connectivity index (χ4n) is 0.915. The van der Waals surface area contributed by atoms with Crippen LogP contribution >= 0.6 is 11.9 Å². The highest BCUT2D eigenvalue weighted by Crippen LogP contribution is 2.18. The van der Waals surface area contributed by atoms with E-state index in [2.05, 4.69) is 0 Å². The maximum Gasteiger partial charge on any atom is 0.335 e. The maximum absolute atomic E-state index is 10.5. The normalized spacial score (nSPS) is 9.83. The highest BCUT2D eigenvalue weighted by Gasteiger charge is 2.04. The molecule has 0 saturated heterocycles. The van der Waals surface area contributed by atoms with E-state index in [1.54, 1.807) is 18.2 Å². The zero-order valence-electron chi connectivity index (χ0n) is 6.57. The number of benzene rings is 1. The Morgan fingerprint density at radius 3 is 2.67 bits per heavy atom.